The first kappa shape index (κ1) is 15.9. The van der Waals surface area contributed by atoms with E-state index in [2.05, 4.69) is 25.5 Å². The molecule has 1 aromatic carbocycles. The fourth-order valence-corrected chi connectivity index (χ4v) is 2.31. The molecule has 0 spiro atoms. The summed E-state index contributed by atoms with van der Waals surface area (Å²) < 4.78 is 13.2. The van der Waals surface area contributed by atoms with Crippen LogP contribution in [0.1, 0.15) is 21.7 Å². The number of nitrogens with zero attached hydrogens (tertiary/aromatic N) is 3. The van der Waals surface area contributed by atoms with Crippen molar-refractivity contribution in [2.24, 2.45) is 0 Å². The van der Waals surface area contributed by atoms with Gasteiger partial charge >= 0.3 is 0 Å². The Balaban J connectivity index is 1.70. The molecular formula is C15H12ClFN6O. The minimum Gasteiger partial charge on any atom is -0.384 e. The van der Waals surface area contributed by atoms with E-state index in [9.17, 15) is 9.18 Å². The van der Waals surface area contributed by atoms with Crippen LogP contribution in [-0.2, 0) is 6.42 Å². The number of aromatic nitrogens is 4. The zero-order valence-corrected chi connectivity index (χ0v) is 13.0. The molecule has 0 aliphatic rings. The third-order valence-corrected chi connectivity index (χ3v) is 3.29. The molecule has 7 nitrogen and oxygen atoms in total. The lowest BCUT2D eigenvalue weighted by atomic mass is 10.1. The number of nitrogens with two attached hydrogens (primary N) is 1. The van der Waals surface area contributed by atoms with Crippen LogP contribution in [0.25, 0.3) is 0 Å². The van der Waals surface area contributed by atoms with Gasteiger partial charge in [0.25, 0.3) is 5.91 Å². The van der Waals surface area contributed by atoms with E-state index in [1.165, 1.54) is 24.3 Å². The van der Waals surface area contributed by atoms with Gasteiger partial charge in [0, 0.05) is 12.0 Å². The van der Waals surface area contributed by atoms with Crippen LogP contribution < -0.4 is 11.1 Å². The molecule has 0 aliphatic heterocycles. The number of hydrogen-bond donors (Lipinski definition) is 3. The van der Waals surface area contributed by atoms with Crippen molar-refractivity contribution < 1.29 is 9.18 Å². The molecule has 4 N–H and O–H groups in total. The summed E-state index contributed by atoms with van der Waals surface area (Å²) in [5, 5.41) is 9.23. The summed E-state index contributed by atoms with van der Waals surface area (Å²) in [4.78, 5) is 20.1. The number of hydrogen-bond acceptors (Lipinski definition) is 5. The summed E-state index contributed by atoms with van der Waals surface area (Å²) in [6.45, 7) is 0. The normalized spacial score (nSPS) is 10.6. The van der Waals surface area contributed by atoms with Gasteiger partial charge in [0.15, 0.2) is 0 Å². The minimum atomic E-state index is -0.470. The highest BCUT2D eigenvalue weighted by molar-refractivity contribution is 6.30. The van der Waals surface area contributed by atoms with Crippen molar-refractivity contribution in [3.8, 4) is 0 Å². The zero-order valence-electron chi connectivity index (χ0n) is 12.3. The Morgan fingerprint density at radius 3 is 2.88 bits per heavy atom. The molecule has 24 heavy (non-hydrogen) atoms. The average molecular weight is 347 g/mol. The maximum absolute atomic E-state index is 13.2. The third-order valence-electron chi connectivity index (χ3n) is 3.09. The Morgan fingerprint density at radius 2 is 2.12 bits per heavy atom. The Morgan fingerprint density at radius 1 is 1.29 bits per heavy atom. The Bertz CT molecular complexity index is 877. The molecule has 0 aliphatic carbocycles. The fourth-order valence-electron chi connectivity index (χ4n) is 2.09. The highest BCUT2D eigenvalue weighted by Gasteiger charge is 2.12. The lowest BCUT2D eigenvalue weighted by molar-refractivity contribution is 0.102. The van der Waals surface area contributed by atoms with Gasteiger partial charge in [-0.3, -0.25) is 15.2 Å². The highest BCUT2D eigenvalue weighted by Crippen LogP contribution is 2.14. The lowest BCUT2D eigenvalue weighted by Gasteiger charge is -2.02. The van der Waals surface area contributed by atoms with Gasteiger partial charge in [-0.05, 0) is 29.8 Å². The first-order valence-corrected chi connectivity index (χ1v) is 7.27. The summed E-state index contributed by atoms with van der Waals surface area (Å²) >= 11 is 5.77. The average Bonchev–Trinajstić information content (AvgIpc) is 2.93. The Labute approximate surface area is 141 Å². The largest absolute Gasteiger partial charge is 0.384 e. The second-order valence-corrected chi connectivity index (χ2v) is 5.36. The van der Waals surface area contributed by atoms with Crippen LogP contribution in [0.2, 0.25) is 5.15 Å². The minimum absolute atomic E-state index is 0.0953. The predicted molar refractivity (Wildman–Crippen MR) is 87.2 cm³/mol. The van der Waals surface area contributed by atoms with Gasteiger partial charge in [0.05, 0.1) is 0 Å². The molecule has 3 aromatic rings. The first-order chi connectivity index (χ1) is 11.5. The molecule has 1 amide bonds. The van der Waals surface area contributed by atoms with E-state index >= 15 is 0 Å². The summed E-state index contributed by atoms with van der Waals surface area (Å²) in [7, 11) is 0. The molecule has 122 valence electrons. The molecule has 2 heterocycles. The van der Waals surface area contributed by atoms with E-state index in [1.807, 2.05) is 0 Å². The van der Waals surface area contributed by atoms with Crippen molar-refractivity contribution in [3.63, 3.8) is 0 Å². The van der Waals surface area contributed by atoms with Crippen LogP contribution in [-0.4, -0.2) is 26.1 Å². The first-order valence-electron chi connectivity index (χ1n) is 6.90. The number of benzene rings is 1. The van der Waals surface area contributed by atoms with Crippen LogP contribution in [0.5, 0.6) is 0 Å². The van der Waals surface area contributed by atoms with E-state index in [1.54, 1.807) is 12.1 Å². The van der Waals surface area contributed by atoms with Crippen LogP contribution >= 0.6 is 11.6 Å². The molecule has 0 atom stereocenters. The number of carbonyl (C=O) groups is 1. The van der Waals surface area contributed by atoms with Crippen molar-refractivity contribution in [3.05, 3.63) is 64.3 Å². The number of nitrogens with one attached hydrogen (secondary N) is 2. The summed E-state index contributed by atoms with van der Waals surface area (Å²) in [5.74, 6) is -0.0782. The van der Waals surface area contributed by atoms with Gasteiger partial charge in [-0.15, -0.1) is 5.10 Å². The standard InChI is InChI=1S/C15H12ClFN6O/c16-11-6-9(7-12(18)19-11)14(24)21-15-20-13(22-23-15)5-8-2-1-3-10(17)4-8/h1-4,6-7H,5H2,(H2,18,19)(H2,20,21,22,23,24). The van der Waals surface area contributed by atoms with Gasteiger partial charge in [0.1, 0.15) is 22.6 Å². The maximum Gasteiger partial charge on any atom is 0.258 e. The van der Waals surface area contributed by atoms with Crippen LogP contribution in [0, 0.1) is 5.82 Å². The zero-order chi connectivity index (χ0) is 17.1. The lowest BCUT2D eigenvalue weighted by Crippen LogP contribution is -2.13. The second-order valence-electron chi connectivity index (χ2n) is 4.97. The smallest absolute Gasteiger partial charge is 0.258 e. The monoisotopic (exact) mass is 346 g/mol. The number of nitrogen functional groups attached to an aromatic ring is 1. The summed E-state index contributed by atoms with van der Waals surface area (Å²) in [6.07, 6.45) is 0.356. The summed E-state index contributed by atoms with van der Waals surface area (Å²) in [5.41, 5.74) is 6.52. The van der Waals surface area contributed by atoms with Crippen molar-refractivity contribution >= 4 is 29.3 Å². The van der Waals surface area contributed by atoms with E-state index in [0.717, 1.165) is 5.56 Å². The topological polar surface area (TPSA) is 110 Å². The number of anilines is 2. The van der Waals surface area contributed by atoms with Gasteiger partial charge in [0.2, 0.25) is 5.95 Å². The molecule has 0 unspecified atom stereocenters. The van der Waals surface area contributed by atoms with Gasteiger partial charge in [-0.1, -0.05) is 23.7 Å². The van der Waals surface area contributed by atoms with Gasteiger partial charge in [-0.25, -0.2) is 9.37 Å². The van der Waals surface area contributed by atoms with Crippen LogP contribution in [0.4, 0.5) is 16.2 Å². The van der Waals surface area contributed by atoms with Crippen molar-refractivity contribution in [1.82, 2.24) is 20.2 Å². The molecule has 3 rings (SSSR count). The van der Waals surface area contributed by atoms with Crippen LogP contribution in [0.3, 0.4) is 0 Å². The van der Waals surface area contributed by atoms with Gasteiger partial charge in [-0.2, -0.15) is 4.98 Å². The van der Waals surface area contributed by atoms with Crippen LogP contribution in [0.15, 0.2) is 36.4 Å². The predicted octanol–water partition coefficient (Wildman–Crippen LogP) is 2.42. The van der Waals surface area contributed by atoms with E-state index in [0.29, 0.717) is 12.2 Å². The molecule has 2 aromatic heterocycles. The fraction of sp³-hybridized carbons (Fsp3) is 0.0667. The SMILES string of the molecule is Nc1cc(C(=O)Nc2n[nH]c(Cc3cccc(F)c3)n2)cc(Cl)n1. The number of rotatable bonds is 4. The highest BCUT2D eigenvalue weighted by atomic mass is 35.5. The molecule has 0 saturated carbocycles. The van der Waals surface area contributed by atoms with E-state index in [4.69, 9.17) is 17.3 Å². The third kappa shape index (κ3) is 3.85. The van der Waals surface area contributed by atoms with E-state index in [-0.39, 0.29) is 28.3 Å². The maximum atomic E-state index is 13.2. The summed E-state index contributed by atoms with van der Waals surface area (Å²) in [6, 6.07) is 8.92. The number of aromatic amines is 1. The molecule has 0 radical (unpaired) electrons. The van der Waals surface area contributed by atoms with E-state index < -0.39 is 5.91 Å². The van der Waals surface area contributed by atoms with Crippen molar-refractivity contribution in [2.75, 3.05) is 11.1 Å². The van der Waals surface area contributed by atoms with Crippen molar-refractivity contribution in [2.45, 2.75) is 6.42 Å². The number of amides is 1. The number of carbonyl (C=O) groups excluding carboxylic acids is 1. The quantitative estimate of drug-likeness (QED) is 0.628. The number of pyridine rings is 1. The molecular weight excluding hydrogens is 335 g/mol. The molecule has 0 bridgehead atoms. The second kappa shape index (κ2) is 6.63. The number of halogens is 2. The Hall–Kier alpha value is -3.00. The van der Waals surface area contributed by atoms with Gasteiger partial charge < -0.3 is 5.73 Å². The molecule has 0 saturated heterocycles. The number of H-pyrrole nitrogens is 1. The van der Waals surface area contributed by atoms with Crippen molar-refractivity contribution in [1.29, 1.82) is 0 Å². The molecule has 9 heteroatoms. The Kier molecular flexibility index (Phi) is 4.39. The molecule has 0 fully saturated rings.